The molecule has 0 spiro atoms. The predicted molar refractivity (Wildman–Crippen MR) is 64.1 cm³/mol. The lowest BCUT2D eigenvalue weighted by atomic mass is 9.92. The van der Waals surface area contributed by atoms with Crippen LogP contribution < -0.4 is 11.5 Å². The van der Waals surface area contributed by atoms with Gasteiger partial charge in [-0.3, -0.25) is 0 Å². The van der Waals surface area contributed by atoms with Gasteiger partial charge in [0, 0.05) is 5.54 Å². The number of nitrogen functional groups attached to an aromatic ring is 1. The number of hydrogen-bond donors (Lipinski definition) is 3. The summed E-state index contributed by atoms with van der Waals surface area (Å²) in [5.41, 5.74) is 11.5. The van der Waals surface area contributed by atoms with Gasteiger partial charge in [0.25, 0.3) is 0 Å². The van der Waals surface area contributed by atoms with Crippen LogP contribution in [0.25, 0.3) is 0 Å². The van der Waals surface area contributed by atoms with Gasteiger partial charge in [-0.15, -0.1) is 0 Å². The van der Waals surface area contributed by atoms with Crippen molar-refractivity contribution in [2.24, 2.45) is 5.73 Å². The molecule has 0 bridgehead atoms. The van der Waals surface area contributed by atoms with Crippen molar-refractivity contribution in [2.75, 3.05) is 5.73 Å². The SMILES string of the molecule is CC(C)(N)C(O)c1cc(Cl)c(N)c(Cl)c1. The van der Waals surface area contributed by atoms with Crippen LogP contribution in [0.1, 0.15) is 25.5 Å². The highest BCUT2D eigenvalue weighted by atomic mass is 35.5. The summed E-state index contributed by atoms with van der Waals surface area (Å²) in [6.07, 6.45) is -0.840. The van der Waals surface area contributed by atoms with Gasteiger partial charge in [0.1, 0.15) is 0 Å². The van der Waals surface area contributed by atoms with E-state index in [1.54, 1.807) is 26.0 Å². The molecule has 3 nitrogen and oxygen atoms in total. The summed E-state index contributed by atoms with van der Waals surface area (Å²) in [5.74, 6) is 0. The zero-order valence-electron chi connectivity index (χ0n) is 8.59. The van der Waals surface area contributed by atoms with Gasteiger partial charge in [-0.05, 0) is 31.5 Å². The minimum atomic E-state index is -0.840. The molecule has 1 rings (SSSR count). The van der Waals surface area contributed by atoms with E-state index in [0.717, 1.165) is 0 Å². The molecule has 5 heteroatoms. The van der Waals surface area contributed by atoms with Crippen LogP contribution in [0.3, 0.4) is 0 Å². The summed E-state index contributed by atoms with van der Waals surface area (Å²) in [5, 5.41) is 10.6. The maximum atomic E-state index is 9.91. The topological polar surface area (TPSA) is 72.3 Å². The van der Waals surface area contributed by atoms with Gasteiger partial charge in [0.2, 0.25) is 0 Å². The molecule has 0 aliphatic heterocycles. The van der Waals surface area contributed by atoms with E-state index in [1.165, 1.54) is 0 Å². The van der Waals surface area contributed by atoms with E-state index in [-0.39, 0.29) is 0 Å². The Morgan fingerprint density at radius 2 is 1.67 bits per heavy atom. The first-order chi connectivity index (χ1) is 6.73. The highest BCUT2D eigenvalue weighted by Crippen LogP contribution is 2.33. The molecule has 0 aliphatic rings. The van der Waals surface area contributed by atoms with Crippen molar-refractivity contribution in [1.29, 1.82) is 0 Å². The third-order valence-corrected chi connectivity index (χ3v) is 2.75. The summed E-state index contributed by atoms with van der Waals surface area (Å²) in [7, 11) is 0. The van der Waals surface area contributed by atoms with E-state index in [4.69, 9.17) is 34.7 Å². The molecule has 5 N–H and O–H groups in total. The number of aliphatic hydroxyl groups excluding tert-OH is 1. The first-order valence-corrected chi connectivity index (χ1v) is 5.20. The molecule has 84 valence electrons. The smallest absolute Gasteiger partial charge is 0.0965 e. The van der Waals surface area contributed by atoms with E-state index >= 15 is 0 Å². The van der Waals surface area contributed by atoms with Gasteiger partial charge in [0.15, 0.2) is 0 Å². The minimum absolute atomic E-state index is 0.309. The van der Waals surface area contributed by atoms with Crippen molar-refractivity contribution in [2.45, 2.75) is 25.5 Å². The van der Waals surface area contributed by atoms with E-state index in [1.807, 2.05) is 0 Å². The number of nitrogens with two attached hydrogens (primary N) is 2. The molecule has 1 unspecified atom stereocenters. The van der Waals surface area contributed by atoms with Crippen LogP contribution in [0.15, 0.2) is 12.1 Å². The first kappa shape index (κ1) is 12.6. The Balaban J connectivity index is 3.17. The maximum Gasteiger partial charge on any atom is 0.0965 e. The molecule has 1 aromatic rings. The van der Waals surface area contributed by atoms with Crippen LogP contribution in [0, 0.1) is 0 Å². The number of rotatable bonds is 2. The number of hydrogen-bond acceptors (Lipinski definition) is 3. The quantitative estimate of drug-likeness (QED) is 0.704. The summed E-state index contributed by atoms with van der Waals surface area (Å²) < 4.78 is 0. The Kier molecular flexibility index (Phi) is 3.51. The third kappa shape index (κ3) is 2.75. The van der Waals surface area contributed by atoms with E-state index in [0.29, 0.717) is 21.3 Å². The molecule has 0 fully saturated rings. The van der Waals surface area contributed by atoms with Gasteiger partial charge in [-0.25, -0.2) is 0 Å². The van der Waals surface area contributed by atoms with E-state index in [2.05, 4.69) is 0 Å². The van der Waals surface area contributed by atoms with Gasteiger partial charge in [-0.1, -0.05) is 23.2 Å². The minimum Gasteiger partial charge on any atom is -0.396 e. The molecule has 0 saturated carbocycles. The fourth-order valence-corrected chi connectivity index (χ4v) is 1.70. The molecule has 0 saturated heterocycles. The summed E-state index contributed by atoms with van der Waals surface area (Å²) >= 11 is 11.7. The maximum absolute atomic E-state index is 9.91. The molecule has 0 amide bonds. The Bertz CT molecular complexity index is 351. The standard InChI is InChI=1S/C10H14Cl2N2O/c1-10(2,14)9(15)5-3-6(11)8(13)7(12)4-5/h3-4,9,15H,13-14H2,1-2H3. The lowest BCUT2D eigenvalue weighted by molar-refractivity contribution is 0.105. The molecule has 0 heterocycles. The molecule has 0 radical (unpaired) electrons. The average Bonchev–Trinajstić information content (AvgIpc) is 2.10. The molecule has 0 aromatic heterocycles. The van der Waals surface area contributed by atoms with Crippen LogP contribution in [0.4, 0.5) is 5.69 Å². The van der Waals surface area contributed by atoms with Gasteiger partial charge < -0.3 is 16.6 Å². The highest BCUT2D eigenvalue weighted by Gasteiger charge is 2.25. The first-order valence-electron chi connectivity index (χ1n) is 4.45. The zero-order valence-corrected chi connectivity index (χ0v) is 10.1. The third-order valence-electron chi connectivity index (χ3n) is 2.12. The molecule has 1 aromatic carbocycles. The Labute approximate surface area is 99.0 Å². The van der Waals surface area contributed by atoms with Crippen molar-refractivity contribution in [3.8, 4) is 0 Å². The molecule has 15 heavy (non-hydrogen) atoms. The second-order valence-corrected chi connectivity index (χ2v) is 4.94. The fraction of sp³-hybridized carbons (Fsp3) is 0.400. The van der Waals surface area contributed by atoms with Crippen LogP contribution in [-0.2, 0) is 0 Å². The number of anilines is 1. The van der Waals surface area contributed by atoms with Crippen molar-refractivity contribution < 1.29 is 5.11 Å². The zero-order chi connectivity index (χ0) is 11.8. The van der Waals surface area contributed by atoms with Crippen molar-refractivity contribution in [1.82, 2.24) is 0 Å². The Morgan fingerprint density at radius 1 is 1.27 bits per heavy atom. The number of benzene rings is 1. The van der Waals surface area contributed by atoms with Crippen molar-refractivity contribution in [3.63, 3.8) is 0 Å². The van der Waals surface area contributed by atoms with Crippen molar-refractivity contribution in [3.05, 3.63) is 27.7 Å². The predicted octanol–water partition coefficient (Wildman–Crippen LogP) is 2.35. The van der Waals surface area contributed by atoms with Gasteiger partial charge >= 0.3 is 0 Å². The summed E-state index contributed by atoms with van der Waals surface area (Å²) in [6, 6.07) is 3.14. The van der Waals surface area contributed by atoms with E-state index in [9.17, 15) is 5.11 Å². The van der Waals surface area contributed by atoms with Gasteiger partial charge in [0.05, 0.1) is 21.8 Å². The monoisotopic (exact) mass is 248 g/mol. The largest absolute Gasteiger partial charge is 0.396 e. The average molecular weight is 249 g/mol. The van der Waals surface area contributed by atoms with E-state index < -0.39 is 11.6 Å². The van der Waals surface area contributed by atoms with Crippen molar-refractivity contribution >= 4 is 28.9 Å². The Hall–Kier alpha value is -0.480. The van der Waals surface area contributed by atoms with Gasteiger partial charge in [-0.2, -0.15) is 0 Å². The van der Waals surface area contributed by atoms with Crippen LogP contribution in [0.2, 0.25) is 10.0 Å². The molecule has 1 atom stereocenters. The van der Waals surface area contributed by atoms with Crippen LogP contribution >= 0.6 is 23.2 Å². The number of aliphatic hydroxyl groups is 1. The van der Waals surface area contributed by atoms with Crippen LogP contribution in [-0.4, -0.2) is 10.6 Å². The lowest BCUT2D eigenvalue weighted by Gasteiger charge is -2.26. The fourth-order valence-electron chi connectivity index (χ4n) is 1.19. The summed E-state index contributed by atoms with van der Waals surface area (Å²) in [6.45, 7) is 3.44. The Morgan fingerprint density at radius 3 is 2.00 bits per heavy atom. The number of halogens is 2. The highest BCUT2D eigenvalue weighted by molar-refractivity contribution is 6.38. The second-order valence-electron chi connectivity index (χ2n) is 4.12. The molecule has 0 aliphatic carbocycles. The lowest BCUT2D eigenvalue weighted by Crippen LogP contribution is -2.39. The molecular weight excluding hydrogens is 235 g/mol. The van der Waals surface area contributed by atoms with Crippen LogP contribution in [0.5, 0.6) is 0 Å². The summed E-state index contributed by atoms with van der Waals surface area (Å²) in [4.78, 5) is 0. The molecular formula is C10H14Cl2N2O. The second kappa shape index (κ2) is 4.18. The normalized spacial score (nSPS) is 14.0.